The number of benzene rings is 1. The van der Waals surface area contributed by atoms with Gasteiger partial charge in [0.05, 0.1) is 12.8 Å². The second-order valence-electron chi connectivity index (χ2n) is 10.0. The van der Waals surface area contributed by atoms with Crippen LogP contribution in [0.4, 0.5) is 0 Å². The van der Waals surface area contributed by atoms with Crippen LogP contribution in [-0.4, -0.2) is 44.6 Å². The van der Waals surface area contributed by atoms with Gasteiger partial charge in [-0.05, 0) is 50.3 Å². The monoisotopic (exact) mass is 474 g/mol. The normalized spacial score (nSPS) is 20.9. The Bertz CT molecular complexity index is 1150. The maximum atomic E-state index is 13.8. The Balaban J connectivity index is 1.40. The number of furan rings is 1. The number of hydrogen-bond donors (Lipinski definition) is 1. The van der Waals surface area contributed by atoms with E-state index in [-0.39, 0.29) is 17.9 Å². The molecule has 0 unspecified atom stereocenters. The van der Waals surface area contributed by atoms with Gasteiger partial charge in [-0.25, -0.2) is 0 Å². The highest BCUT2D eigenvalue weighted by Gasteiger charge is 2.48. The molecule has 1 aliphatic heterocycles. The van der Waals surface area contributed by atoms with Crippen molar-refractivity contribution >= 4 is 11.8 Å². The van der Waals surface area contributed by atoms with Gasteiger partial charge < -0.3 is 14.6 Å². The van der Waals surface area contributed by atoms with Crippen LogP contribution in [0.1, 0.15) is 67.9 Å². The molecule has 0 radical (unpaired) electrons. The first-order valence-corrected chi connectivity index (χ1v) is 12.8. The predicted molar refractivity (Wildman–Crippen MR) is 134 cm³/mol. The van der Waals surface area contributed by atoms with Gasteiger partial charge in [0, 0.05) is 18.7 Å². The van der Waals surface area contributed by atoms with Gasteiger partial charge in [-0.1, -0.05) is 56.0 Å². The van der Waals surface area contributed by atoms with Crippen molar-refractivity contribution < 1.29 is 14.0 Å². The van der Waals surface area contributed by atoms with Crippen LogP contribution in [0.25, 0.3) is 11.5 Å². The first kappa shape index (κ1) is 23.4. The van der Waals surface area contributed by atoms with Gasteiger partial charge in [0.1, 0.15) is 16.9 Å². The molecule has 7 nitrogen and oxygen atoms in total. The lowest BCUT2D eigenvalue weighted by atomic mass is 9.93. The summed E-state index contributed by atoms with van der Waals surface area (Å²) >= 11 is 0. The molecule has 7 heteroatoms. The molecule has 2 aliphatic rings. The highest BCUT2D eigenvalue weighted by Crippen LogP contribution is 2.31. The highest BCUT2D eigenvalue weighted by atomic mass is 16.3. The number of fused-ring (bicyclic) bond motifs is 1. The molecule has 3 aromatic rings. The van der Waals surface area contributed by atoms with E-state index in [0.29, 0.717) is 30.2 Å². The van der Waals surface area contributed by atoms with E-state index in [1.165, 1.54) is 18.4 Å². The number of nitrogens with zero attached hydrogens (tertiary/aromatic N) is 3. The minimum Gasteiger partial charge on any atom is -0.463 e. The van der Waals surface area contributed by atoms with E-state index >= 15 is 0 Å². The molecule has 1 fully saturated rings. The van der Waals surface area contributed by atoms with Gasteiger partial charge >= 0.3 is 0 Å². The van der Waals surface area contributed by atoms with Crippen molar-refractivity contribution in [3.05, 3.63) is 66.1 Å². The topological polar surface area (TPSA) is 80.4 Å². The second-order valence-corrected chi connectivity index (χ2v) is 10.0. The molecule has 0 saturated heterocycles. The number of hydrogen-bond acceptors (Lipinski definition) is 4. The van der Waals surface area contributed by atoms with Gasteiger partial charge in [0.15, 0.2) is 5.76 Å². The van der Waals surface area contributed by atoms with Crippen LogP contribution < -0.4 is 5.32 Å². The van der Waals surface area contributed by atoms with E-state index in [1.54, 1.807) is 28.0 Å². The van der Waals surface area contributed by atoms with E-state index in [2.05, 4.69) is 22.5 Å². The molecule has 35 heavy (non-hydrogen) atoms. The molecule has 1 N–H and O–H groups in total. The molecule has 184 valence electrons. The second kappa shape index (κ2) is 10.1. The lowest BCUT2D eigenvalue weighted by molar-refractivity contribution is -0.134. The predicted octanol–water partition coefficient (Wildman–Crippen LogP) is 4.83. The lowest BCUT2D eigenvalue weighted by Crippen LogP contribution is -2.65. The van der Waals surface area contributed by atoms with Gasteiger partial charge in [0.25, 0.3) is 5.91 Å². The Morgan fingerprint density at radius 2 is 1.89 bits per heavy atom. The molecule has 0 spiro atoms. The van der Waals surface area contributed by atoms with Crippen LogP contribution in [0.3, 0.4) is 0 Å². The number of amides is 2. The largest absolute Gasteiger partial charge is 0.463 e. The molecule has 2 amide bonds. The molecule has 2 aromatic heterocycles. The Morgan fingerprint density at radius 3 is 2.60 bits per heavy atom. The van der Waals surface area contributed by atoms with Crippen LogP contribution in [0.5, 0.6) is 0 Å². The lowest BCUT2D eigenvalue weighted by Gasteiger charge is -2.44. The summed E-state index contributed by atoms with van der Waals surface area (Å²) in [7, 11) is 0. The zero-order valence-electron chi connectivity index (χ0n) is 20.4. The fraction of sp³-hybridized carbons (Fsp3) is 0.464. The zero-order valence-corrected chi connectivity index (χ0v) is 20.4. The van der Waals surface area contributed by atoms with Crippen LogP contribution in [0.2, 0.25) is 0 Å². The average Bonchev–Trinajstić information content (AvgIpc) is 3.47. The summed E-state index contributed by atoms with van der Waals surface area (Å²) in [6, 6.07) is 15.8. The fourth-order valence-corrected chi connectivity index (χ4v) is 5.39. The van der Waals surface area contributed by atoms with Crippen molar-refractivity contribution in [2.45, 2.75) is 76.4 Å². The Labute approximate surface area is 206 Å². The maximum absolute atomic E-state index is 13.8. The number of aryl methyl sites for hydroxylation is 1. The summed E-state index contributed by atoms with van der Waals surface area (Å²) in [5.74, 6) is 0.367. The Morgan fingerprint density at radius 1 is 1.11 bits per heavy atom. The third-order valence-electron chi connectivity index (χ3n) is 7.44. The summed E-state index contributed by atoms with van der Waals surface area (Å²) < 4.78 is 7.19. The third kappa shape index (κ3) is 4.90. The summed E-state index contributed by atoms with van der Waals surface area (Å²) in [4.78, 5) is 29.3. The molecule has 0 bridgehead atoms. The number of nitrogens with one attached hydrogen (secondary N) is 1. The van der Waals surface area contributed by atoms with Gasteiger partial charge in [-0.15, -0.1) is 0 Å². The molecule has 5 rings (SSSR count). The SMILES string of the molecule is C[C@@]1(C(=O)NC2CCCCCC2)Cn2nc(-c3ccco3)cc2C(=O)N1CCCc1ccccc1. The number of aromatic nitrogens is 2. The molecule has 1 saturated carbocycles. The van der Waals surface area contributed by atoms with E-state index in [1.807, 2.05) is 31.2 Å². The molecular weight excluding hydrogens is 440 g/mol. The van der Waals surface area contributed by atoms with E-state index < -0.39 is 5.54 Å². The van der Waals surface area contributed by atoms with Crippen molar-refractivity contribution in [3.8, 4) is 11.5 Å². The summed E-state index contributed by atoms with van der Waals surface area (Å²) in [6.07, 6.45) is 9.94. The molecule has 3 heterocycles. The molecule has 1 aliphatic carbocycles. The fourth-order valence-electron chi connectivity index (χ4n) is 5.39. The highest BCUT2D eigenvalue weighted by molar-refractivity contribution is 6.00. The summed E-state index contributed by atoms with van der Waals surface area (Å²) in [5.41, 5.74) is 1.32. The molecule has 1 atom stereocenters. The average molecular weight is 475 g/mol. The maximum Gasteiger partial charge on any atom is 0.273 e. The van der Waals surface area contributed by atoms with Crippen LogP contribution >= 0.6 is 0 Å². The third-order valence-corrected chi connectivity index (χ3v) is 7.44. The summed E-state index contributed by atoms with van der Waals surface area (Å²) in [6.45, 7) is 2.71. The first-order valence-electron chi connectivity index (χ1n) is 12.8. The van der Waals surface area contributed by atoms with E-state index in [9.17, 15) is 9.59 Å². The van der Waals surface area contributed by atoms with E-state index in [0.717, 1.165) is 38.5 Å². The summed E-state index contributed by atoms with van der Waals surface area (Å²) in [5, 5.41) is 7.94. The van der Waals surface area contributed by atoms with Crippen molar-refractivity contribution in [2.75, 3.05) is 6.54 Å². The van der Waals surface area contributed by atoms with Crippen LogP contribution in [0.15, 0.2) is 59.2 Å². The quantitative estimate of drug-likeness (QED) is 0.498. The van der Waals surface area contributed by atoms with Gasteiger partial charge in [-0.2, -0.15) is 5.10 Å². The molecule has 1 aromatic carbocycles. The Hall–Kier alpha value is -3.35. The number of carbonyl (C=O) groups excluding carboxylic acids is 2. The zero-order chi connectivity index (χ0) is 24.3. The molecular formula is C28H34N4O3. The van der Waals surface area contributed by atoms with E-state index in [4.69, 9.17) is 4.42 Å². The van der Waals surface area contributed by atoms with Crippen molar-refractivity contribution in [3.63, 3.8) is 0 Å². The van der Waals surface area contributed by atoms with Crippen molar-refractivity contribution in [2.24, 2.45) is 0 Å². The number of carbonyl (C=O) groups is 2. The minimum atomic E-state index is -1.01. The van der Waals surface area contributed by atoms with Gasteiger partial charge in [0.2, 0.25) is 5.91 Å². The standard InChI is InChI=1S/C28H34N4O3/c1-28(27(34)29-22-14-7-2-3-8-15-22)20-32-24(19-23(30-32)25-16-10-18-35-25)26(33)31(28)17-9-13-21-11-5-4-6-12-21/h4-6,10-12,16,18-19,22H,2-3,7-9,13-15,17,20H2,1H3,(H,29,34)/t28-/m0/s1. The Kier molecular flexibility index (Phi) is 6.75. The first-order chi connectivity index (χ1) is 17.0. The smallest absolute Gasteiger partial charge is 0.273 e. The van der Waals surface area contributed by atoms with Crippen LogP contribution in [0, 0.1) is 0 Å². The van der Waals surface area contributed by atoms with Crippen LogP contribution in [-0.2, 0) is 17.8 Å². The number of rotatable bonds is 7. The van der Waals surface area contributed by atoms with Crippen molar-refractivity contribution in [1.29, 1.82) is 0 Å². The van der Waals surface area contributed by atoms with Crippen molar-refractivity contribution in [1.82, 2.24) is 20.0 Å². The minimum absolute atomic E-state index is 0.0850. The van der Waals surface area contributed by atoms with Gasteiger partial charge in [-0.3, -0.25) is 14.3 Å².